The van der Waals surface area contributed by atoms with Crippen molar-refractivity contribution in [3.63, 3.8) is 0 Å². The van der Waals surface area contributed by atoms with E-state index in [1.165, 1.54) is 6.92 Å². The van der Waals surface area contributed by atoms with Gasteiger partial charge in [0, 0.05) is 24.5 Å². The summed E-state index contributed by atoms with van der Waals surface area (Å²) >= 11 is 0. The molecule has 2 rings (SSSR count). The zero-order valence-electron chi connectivity index (χ0n) is 15.1. The van der Waals surface area contributed by atoms with Crippen LogP contribution in [0, 0.1) is 0 Å². The van der Waals surface area contributed by atoms with E-state index in [4.69, 9.17) is 15.2 Å². The Morgan fingerprint density at radius 3 is 2.56 bits per heavy atom. The Bertz CT molecular complexity index is 811. The number of aryl methyl sites for hydroxylation is 1. The van der Waals surface area contributed by atoms with Gasteiger partial charge < -0.3 is 19.8 Å². The molecule has 0 fully saturated rings. The quantitative estimate of drug-likeness (QED) is 0.449. The lowest BCUT2D eigenvalue weighted by molar-refractivity contribution is -0.132. The fourth-order valence-corrected chi connectivity index (χ4v) is 2.86. The van der Waals surface area contributed by atoms with Gasteiger partial charge in [-0.25, -0.2) is 0 Å². The molecule has 0 amide bonds. The predicted octanol–water partition coefficient (Wildman–Crippen LogP) is 3.49. The number of nitrogens with zero attached hydrogens (tertiary/aromatic N) is 1. The summed E-state index contributed by atoms with van der Waals surface area (Å²) in [6, 6.07) is 5.30. The second-order valence-electron chi connectivity index (χ2n) is 5.98. The van der Waals surface area contributed by atoms with Crippen molar-refractivity contribution in [2.45, 2.75) is 53.0 Å². The maximum atomic E-state index is 13.0. The molecule has 0 radical (unpaired) electrons. The van der Waals surface area contributed by atoms with E-state index in [2.05, 4.69) is 6.92 Å². The molecule has 25 heavy (non-hydrogen) atoms. The van der Waals surface area contributed by atoms with E-state index >= 15 is 0 Å². The van der Waals surface area contributed by atoms with Gasteiger partial charge in [0.2, 0.25) is 5.75 Å². The van der Waals surface area contributed by atoms with Crippen molar-refractivity contribution in [1.82, 2.24) is 4.57 Å². The third-order valence-corrected chi connectivity index (χ3v) is 3.97. The number of esters is 1. The maximum Gasteiger partial charge on any atom is 0.308 e. The first-order valence-corrected chi connectivity index (χ1v) is 8.76. The molecule has 0 saturated heterocycles. The van der Waals surface area contributed by atoms with Gasteiger partial charge in [-0.15, -0.1) is 0 Å². The zero-order valence-corrected chi connectivity index (χ0v) is 15.1. The summed E-state index contributed by atoms with van der Waals surface area (Å²) in [5.41, 5.74) is 6.81. The van der Waals surface area contributed by atoms with E-state index in [0.29, 0.717) is 35.5 Å². The Labute approximate surface area is 147 Å². The monoisotopic (exact) mass is 346 g/mol. The number of carbonyl (C=O) groups excluding carboxylic acids is 1. The van der Waals surface area contributed by atoms with Crippen LogP contribution in [0.25, 0.3) is 10.9 Å². The van der Waals surface area contributed by atoms with Gasteiger partial charge in [0.05, 0.1) is 12.1 Å². The van der Waals surface area contributed by atoms with E-state index in [-0.39, 0.29) is 11.3 Å². The topological polar surface area (TPSA) is 83.5 Å². The van der Waals surface area contributed by atoms with Crippen LogP contribution in [0.3, 0.4) is 0 Å². The number of rotatable bonds is 8. The SMILES string of the molecule is CCCCCCn1c(=O)c(OC(C)=O)c(OCC)c2ccc(N)cc21. The highest BCUT2D eigenvalue weighted by Gasteiger charge is 2.21. The molecule has 136 valence electrons. The summed E-state index contributed by atoms with van der Waals surface area (Å²) in [5, 5.41) is 0.711. The third kappa shape index (κ3) is 4.32. The number of unbranched alkanes of at least 4 members (excludes halogenated alkanes) is 3. The number of hydrogen-bond acceptors (Lipinski definition) is 5. The Morgan fingerprint density at radius 1 is 1.16 bits per heavy atom. The van der Waals surface area contributed by atoms with Crippen molar-refractivity contribution in [1.29, 1.82) is 0 Å². The van der Waals surface area contributed by atoms with E-state index in [9.17, 15) is 9.59 Å². The lowest BCUT2D eigenvalue weighted by Crippen LogP contribution is -2.25. The number of benzene rings is 1. The summed E-state index contributed by atoms with van der Waals surface area (Å²) in [6.45, 7) is 6.12. The molecule has 2 aromatic rings. The summed E-state index contributed by atoms with van der Waals surface area (Å²) in [7, 11) is 0. The van der Waals surface area contributed by atoms with Crippen molar-refractivity contribution >= 4 is 22.6 Å². The summed E-state index contributed by atoms with van der Waals surface area (Å²) < 4.78 is 12.5. The number of pyridine rings is 1. The van der Waals surface area contributed by atoms with Gasteiger partial charge in [0.25, 0.3) is 5.56 Å². The van der Waals surface area contributed by atoms with Crippen LogP contribution in [0.2, 0.25) is 0 Å². The van der Waals surface area contributed by atoms with Crippen LogP contribution in [-0.2, 0) is 11.3 Å². The van der Waals surface area contributed by atoms with Crippen LogP contribution in [0.15, 0.2) is 23.0 Å². The molecule has 0 spiro atoms. The summed E-state index contributed by atoms with van der Waals surface area (Å²) in [5.74, 6) is -0.310. The lowest BCUT2D eigenvalue weighted by atomic mass is 10.1. The number of fused-ring (bicyclic) bond motifs is 1. The number of aromatic nitrogens is 1. The lowest BCUT2D eigenvalue weighted by Gasteiger charge is -2.17. The molecule has 0 atom stereocenters. The molecule has 0 aliphatic heterocycles. The molecule has 0 unspecified atom stereocenters. The second-order valence-corrected chi connectivity index (χ2v) is 5.98. The average molecular weight is 346 g/mol. The first kappa shape index (κ1) is 18.8. The molecule has 1 aromatic carbocycles. The predicted molar refractivity (Wildman–Crippen MR) is 99.2 cm³/mol. The minimum atomic E-state index is -0.551. The number of nitrogen functional groups attached to an aromatic ring is 1. The minimum absolute atomic E-state index is 0.0536. The number of carbonyl (C=O) groups is 1. The molecule has 0 bridgehead atoms. The first-order chi connectivity index (χ1) is 12.0. The van der Waals surface area contributed by atoms with Crippen LogP contribution in [0.1, 0.15) is 46.5 Å². The molecule has 0 aliphatic carbocycles. The fourth-order valence-electron chi connectivity index (χ4n) is 2.86. The molecule has 6 heteroatoms. The van der Waals surface area contributed by atoms with Gasteiger partial charge in [-0.2, -0.15) is 0 Å². The average Bonchev–Trinajstić information content (AvgIpc) is 2.57. The zero-order chi connectivity index (χ0) is 18.4. The van der Waals surface area contributed by atoms with Crippen molar-refractivity contribution in [2.24, 2.45) is 0 Å². The van der Waals surface area contributed by atoms with Crippen molar-refractivity contribution in [3.05, 3.63) is 28.6 Å². The van der Waals surface area contributed by atoms with Crippen molar-refractivity contribution < 1.29 is 14.3 Å². The number of hydrogen-bond donors (Lipinski definition) is 1. The first-order valence-electron chi connectivity index (χ1n) is 8.76. The van der Waals surface area contributed by atoms with Gasteiger partial charge in [-0.3, -0.25) is 9.59 Å². The number of nitrogens with two attached hydrogens (primary N) is 1. The highest BCUT2D eigenvalue weighted by molar-refractivity contribution is 5.90. The van der Waals surface area contributed by atoms with Gasteiger partial charge in [-0.05, 0) is 31.5 Å². The number of anilines is 1. The van der Waals surface area contributed by atoms with Crippen LogP contribution in [-0.4, -0.2) is 17.1 Å². The van der Waals surface area contributed by atoms with E-state index in [1.807, 2.05) is 6.92 Å². The van der Waals surface area contributed by atoms with Crippen LogP contribution >= 0.6 is 0 Å². The van der Waals surface area contributed by atoms with E-state index in [1.54, 1.807) is 22.8 Å². The molecular formula is C19H26N2O4. The minimum Gasteiger partial charge on any atom is -0.489 e. The van der Waals surface area contributed by atoms with Crippen LogP contribution in [0.4, 0.5) is 5.69 Å². The molecular weight excluding hydrogens is 320 g/mol. The molecule has 1 heterocycles. The highest BCUT2D eigenvalue weighted by Crippen LogP contribution is 2.34. The molecule has 6 nitrogen and oxygen atoms in total. The Balaban J connectivity index is 2.65. The largest absolute Gasteiger partial charge is 0.489 e. The Hall–Kier alpha value is -2.50. The number of ether oxygens (including phenoxy) is 2. The Kier molecular flexibility index (Phi) is 6.44. The van der Waals surface area contributed by atoms with E-state index in [0.717, 1.165) is 25.7 Å². The van der Waals surface area contributed by atoms with Gasteiger partial charge in [-0.1, -0.05) is 26.2 Å². The standard InChI is InChI=1S/C19H26N2O4/c1-4-6-7-8-11-21-16-12-14(20)9-10-15(16)17(24-5-2)18(19(21)23)25-13(3)22/h9-10,12H,4-8,11,20H2,1-3H3. The molecule has 0 aliphatic rings. The highest BCUT2D eigenvalue weighted by atomic mass is 16.6. The van der Waals surface area contributed by atoms with E-state index < -0.39 is 5.97 Å². The smallest absolute Gasteiger partial charge is 0.308 e. The molecule has 0 saturated carbocycles. The second kappa shape index (κ2) is 8.55. The normalized spacial score (nSPS) is 10.8. The summed E-state index contributed by atoms with van der Waals surface area (Å²) in [6.07, 6.45) is 4.13. The fraction of sp³-hybridized carbons (Fsp3) is 0.474. The summed E-state index contributed by atoms with van der Waals surface area (Å²) in [4.78, 5) is 24.4. The van der Waals surface area contributed by atoms with Crippen molar-refractivity contribution in [3.8, 4) is 11.5 Å². The Morgan fingerprint density at radius 2 is 1.92 bits per heavy atom. The molecule has 1 aromatic heterocycles. The van der Waals surface area contributed by atoms with Gasteiger partial charge in [0.15, 0.2) is 5.75 Å². The van der Waals surface area contributed by atoms with Gasteiger partial charge in [0.1, 0.15) is 0 Å². The van der Waals surface area contributed by atoms with Crippen LogP contribution in [0.5, 0.6) is 11.5 Å². The molecule has 2 N–H and O–H groups in total. The van der Waals surface area contributed by atoms with Crippen molar-refractivity contribution in [2.75, 3.05) is 12.3 Å². The maximum absolute atomic E-state index is 13.0. The third-order valence-electron chi connectivity index (χ3n) is 3.97. The van der Waals surface area contributed by atoms with Crippen LogP contribution < -0.4 is 20.8 Å². The van der Waals surface area contributed by atoms with Gasteiger partial charge >= 0.3 is 5.97 Å².